The summed E-state index contributed by atoms with van der Waals surface area (Å²) in [5.41, 5.74) is 3.75. The second-order valence-corrected chi connectivity index (χ2v) is 4.78. The van der Waals surface area contributed by atoms with Gasteiger partial charge in [0.25, 0.3) is 5.91 Å². The van der Waals surface area contributed by atoms with Gasteiger partial charge >= 0.3 is 0 Å². The van der Waals surface area contributed by atoms with Crippen LogP contribution in [0.2, 0.25) is 0 Å². The summed E-state index contributed by atoms with van der Waals surface area (Å²) in [6.07, 6.45) is 0. The first-order valence-electron chi connectivity index (χ1n) is 6.57. The van der Waals surface area contributed by atoms with Gasteiger partial charge in [-0.3, -0.25) is 4.79 Å². The second-order valence-electron chi connectivity index (χ2n) is 4.78. The molecule has 1 aromatic heterocycles. The van der Waals surface area contributed by atoms with E-state index in [1.807, 2.05) is 32.9 Å². The van der Waals surface area contributed by atoms with Crippen LogP contribution < -0.4 is 0 Å². The van der Waals surface area contributed by atoms with Gasteiger partial charge < -0.3 is 15.0 Å². The van der Waals surface area contributed by atoms with E-state index in [1.54, 1.807) is 4.90 Å². The average Bonchev–Trinajstić information content (AvgIpc) is 2.72. The molecule has 0 saturated carbocycles. The van der Waals surface area contributed by atoms with E-state index in [0.717, 1.165) is 16.5 Å². The number of aryl methyl sites for hydroxylation is 2. The minimum Gasteiger partial charge on any atom is -0.395 e. The third kappa shape index (κ3) is 2.49. The number of aliphatic hydroxyl groups excluding tert-OH is 1. The first-order chi connectivity index (χ1) is 9.08. The smallest absolute Gasteiger partial charge is 0.270 e. The topological polar surface area (TPSA) is 56.3 Å². The van der Waals surface area contributed by atoms with Crippen molar-refractivity contribution in [3.63, 3.8) is 0 Å². The van der Waals surface area contributed by atoms with E-state index in [4.69, 9.17) is 5.11 Å². The molecule has 0 fully saturated rings. The Morgan fingerprint density at radius 3 is 2.74 bits per heavy atom. The van der Waals surface area contributed by atoms with E-state index in [9.17, 15) is 4.79 Å². The molecule has 0 aliphatic rings. The van der Waals surface area contributed by atoms with E-state index in [2.05, 4.69) is 11.1 Å². The van der Waals surface area contributed by atoms with Crippen molar-refractivity contribution < 1.29 is 9.90 Å². The van der Waals surface area contributed by atoms with Gasteiger partial charge in [0, 0.05) is 24.0 Å². The molecule has 0 bridgehead atoms. The highest BCUT2D eigenvalue weighted by Gasteiger charge is 2.19. The Morgan fingerprint density at radius 2 is 2.11 bits per heavy atom. The molecule has 1 heterocycles. The largest absolute Gasteiger partial charge is 0.395 e. The third-order valence-corrected chi connectivity index (χ3v) is 3.47. The number of fused-ring (bicyclic) bond motifs is 1. The number of aromatic nitrogens is 1. The lowest BCUT2D eigenvalue weighted by Crippen LogP contribution is -2.33. The van der Waals surface area contributed by atoms with Crippen LogP contribution >= 0.6 is 0 Å². The summed E-state index contributed by atoms with van der Waals surface area (Å²) in [6, 6.07) is 6.11. The van der Waals surface area contributed by atoms with Gasteiger partial charge in [-0.25, -0.2) is 0 Å². The molecule has 4 nitrogen and oxygen atoms in total. The van der Waals surface area contributed by atoms with Gasteiger partial charge in [0.15, 0.2) is 0 Å². The molecule has 0 radical (unpaired) electrons. The van der Waals surface area contributed by atoms with Crippen LogP contribution in [0.4, 0.5) is 0 Å². The number of nitrogens with zero attached hydrogens (tertiary/aromatic N) is 1. The van der Waals surface area contributed by atoms with E-state index in [1.165, 1.54) is 5.56 Å². The fraction of sp³-hybridized carbons (Fsp3) is 0.400. The number of aromatic amines is 1. The van der Waals surface area contributed by atoms with Gasteiger partial charge in [-0.2, -0.15) is 0 Å². The summed E-state index contributed by atoms with van der Waals surface area (Å²) in [5, 5.41) is 10.1. The van der Waals surface area contributed by atoms with Crippen LogP contribution in [0, 0.1) is 13.8 Å². The second kappa shape index (κ2) is 5.45. The van der Waals surface area contributed by atoms with Crippen molar-refractivity contribution in [2.24, 2.45) is 0 Å². The Bertz CT molecular complexity index is 601. The maximum absolute atomic E-state index is 12.4. The van der Waals surface area contributed by atoms with Crippen LogP contribution in [0.25, 0.3) is 10.9 Å². The molecule has 0 atom stereocenters. The van der Waals surface area contributed by atoms with Crippen LogP contribution in [0.15, 0.2) is 18.2 Å². The number of likely N-dealkylation sites (N-methyl/N-ethyl adjacent to an activating group) is 1. The minimum absolute atomic E-state index is 0.0159. The average molecular weight is 260 g/mol. The van der Waals surface area contributed by atoms with Crippen molar-refractivity contribution >= 4 is 16.8 Å². The summed E-state index contributed by atoms with van der Waals surface area (Å²) in [7, 11) is 0. The van der Waals surface area contributed by atoms with Crippen molar-refractivity contribution in [2.45, 2.75) is 20.8 Å². The zero-order valence-corrected chi connectivity index (χ0v) is 11.7. The lowest BCUT2D eigenvalue weighted by Gasteiger charge is -2.19. The Morgan fingerprint density at radius 1 is 1.37 bits per heavy atom. The number of rotatable bonds is 4. The van der Waals surface area contributed by atoms with Gasteiger partial charge in [-0.05, 0) is 38.5 Å². The molecule has 19 heavy (non-hydrogen) atoms. The Kier molecular flexibility index (Phi) is 3.90. The molecule has 4 heteroatoms. The summed E-state index contributed by atoms with van der Waals surface area (Å²) >= 11 is 0. The van der Waals surface area contributed by atoms with E-state index in [0.29, 0.717) is 18.8 Å². The Labute approximate surface area is 113 Å². The monoisotopic (exact) mass is 260 g/mol. The predicted molar refractivity (Wildman–Crippen MR) is 76.4 cm³/mol. The molecule has 1 amide bonds. The fourth-order valence-electron chi connectivity index (χ4n) is 2.34. The zero-order chi connectivity index (χ0) is 14.0. The Hall–Kier alpha value is -1.81. The molecule has 2 N–H and O–H groups in total. The predicted octanol–water partition coefficient (Wildman–Crippen LogP) is 2.24. The molecule has 0 saturated heterocycles. The third-order valence-electron chi connectivity index (χ3n) is 3.47. The van der Waals surface area contributed by atoms with Crippen LogP contribution in [-0.4, -0.2) is 40.6 Å². The molecule has 2 aromatic rings. The number of benzene rings is 1. The number of hydrogen-bond acceptors (Lipinski definition) is 2. The zero-order valence-electron chi connectivity index (χ0n) is 11.7. The van der Waals surface area contributed by atoms with Crippen molar-refractivity contribution in [2.75, 3.05) is 19.7 Å². The quantitative estimate of drug-likeness (QED) is 0.885. The van der Waals surface area contributed by atoms with Crippen LogP contribution in [0.3, 0.4) is 0 Å². The number of nitrogens with one attached hydrogen (secondary N) is 1. The summed E-state index contributed by atoms with van der Waals surface area (Å²) in [6.45, 7) is 6.85. The maximum Gasteiger partial charge on any atom is 0.270 e. The highest BCUT2D eigenvalue weighted by atomic mass is 16.3. The molecular weight excluding hydrogens is 240 g/mol. The number of aliphatic hydroxyl groups is 1. The van der Waals surface area contributed by atoms with Crippen molar-refractivity contribution in [1.82, 2.24) is 9.88 Å². The Balaban J connectivity index is 2.45. The van der Waals surface area contributed by atoms with E-state index in [-0.39, 0.29) is 12.5 Å². The number of carbonyl (C=O) groups excluding carboxylic acids is 1. The molecule has 102 valence electrons. The first kappa shape index (κ1) is 13.6. The first-order valence-corrected chi connectivity index (χ1v) is 6.57. The van der Waals surface area contributed by atoms with Gasteiger partial charge in [0.2, 0.25) is 0 Å². The standard InChI is InChI=1S/C15H20N2O2/c1-4-17(7-8-18)15(19)14-11(3)12-9-10(2)5-6-13(12)16-14/h5-6,9,16,18H,4,7-8H2,1-3H3. The number of amides is 1. The van der Waals surface area contributed by atoms with E-state index < -0.39 is 0 Å². The lowest BCUT2D eigenvalue weighted by molar-refractivity contribution is 0.0726. The van der Waals surface area contributed by atoms with Gasteiger partial charge in [-0.1, -0.05) is 11.6 Å². The van der Waals surface area contributed by atoms with Crippen LogP contribution in [-0.2, 0) is 0 Å². The van der Waals surface area contributed by atoms with Gasteiger partial charge in [0.1, 0.15) is 5.69 Å². The molecule has 1 aromatic carbocycles. The highest BCUT2D eigenvalue weighted by Crippen LogP contribution is 2.23. The van der Waals surface area contributed by atoms with Gasteiger partial charge in [0.05, 0.1) is 6.61 Å². The van der Waals surface area contributed by atoms with Crippen LogP contribution in [0.5, 0.6) is 0 Å². The molecule has 0 aliphatic carbocycles. The molecule has 2 rings (SSSR count). The fourth-order valence-corrected chi connectivity index (χ4v) is 2.34. The van der Waals surface area contributed by atoms with Crippen molar-refractivity contribution in [3.05, 3.63) is 35.0 Å². The van der Waals surface area contributed by atoms with Crippen molar-refractivity contribution in [3.8, 4) is 0 Å². The molecule has 0 unspecified atom stereocenters. The van der Waals surface area contributed by atoms with E-state index >= 15 is 0 Å². The summed E-state index contributed by atoms with van der Waals surface area (Å²) < 4.78 is 0. The summed E-state index contributed by atoms with van der Waals surface area (Å²) in [4.78, 5) is 17.3. The number of H-pyrrole nitrogens is 1. The normalized spacial score (nSPS) is 10.9. The molecule has 0 aliphatic heterocycles. The maximum atomic E-state index is 12.4. The van der Waals surface area contributed by atoms with Crippen molar-refractivity contribution in [1.29, 1.82) is 0 Å². The number of carbonyl (C=O) groups is 1. The number of hydrogen-bond donors (Lipinski definition) is 2. The molecule has 0 spiro atoms. The van der Waals surface area contributed by atoms with Crippen LogP contribution in [0.1, 0.15) is 28.5 Å². The van der Waals surface area contributed by atoms with Gasteiger partial charge in [-0.15, -0.1) is 0 Å². The highest BCUT2D eigenvalue weighted by molar-refractivity contribution is 6.01. The SMILES string of the molecule is CCN(CCO)C(=O)c1[nH]c2ccc(C)cc2c1C. The minimum atomic E-state index is -0.0529. The summed E-state index contributed by atoms with van der Waals surface area (Å²) in [5.74, 6) is -0.0529. The lowest BCUT2D eigenvalue weighted by atomic mass is 10.1. The molecular formula is C15H20N2O2.